The maximum Gasteiger partial charge on any atom is 0.354 e. The van der Waals surface area contributed by atoms with Gasteiger partial charge < -0.3 is 27.1 Å². The number of halogens is 3. The average Bonchev–Trinajstić information content (AvgIpc) is 3.44. The Morgan fingerprint density at radius 2 is 2.02 bits per heavy atom. The first-order valence-corrected chi connectivity index (χ1v) is 15.9. The summed E-state index contributed by atoms with van der Waals surface area (Å²) in [5.41, 5.74) is 14.7. The number of aromatic amines is 1. The summed E-state index contributed by atoms with van der Waals surface area (Å²) in [6.07, 6.45) is 7.56. The summed E-state index contributed by atoms with van der Waals surface area (Å²) in [5.74, 6) is -0.399. The Morgan fingerprint density at radius 1 is 1.24 bits per heavy atom. The normalized spacial score (nSPS) is 18.2. The number of piperidine rings is 1. The molecular formula is C33H41ClF2N8O. The molecule has 0 spiro atoms. The van der Waals surface area contributed by atoms with Gasteiger partial charge >= 0.3 is 5.69 Å². The van der Waals surface area contributed by atoms with E-state index in [2.05, 4.69) is 20.6 Å². The standard InChI is InChI=1S/C33H41ClF2N8O/c1-19(38)4-2-5-20-12-26(31(36)27(34)13-20)29-14-22-18-44(33(45)43-32(22)42-29)25-10-8-21(9-11-25)28-7-3-6-23(40-28)15-24(16-35)41-30(39)17-37/h8-14,18-19,23-24,28,40H,2-7,15-17,37-38H2,1H3,(H2,39,41)(H,42,43,45)/t19-,23-,24-,28-/m0/s1. The Bertz CT molecular complexity index is 1690. The van der Waals surface area contributed by atoms with Crippen LogP contribution in [0, 0.1) is 11.2 Å². The van der Waals surface area contributed by atoms with E-state index >= 15 is 4.39 Å². The fourth-order valence-electron chi connectivity index (χ4n) is 6.08. The predicted octanol–water partition coefficient (Wildman–Crippen LogP) is 5.28. The van der Waals surface area contributed by atoms with Crippen LogP contribution in [0.3, 0.4) is 0 Å². The van der Waals surface area contributed by atoms with Crippen LogP contribution in [0.4, 0.5) is 8.78 Å². The van der Waals surface area contributed by atoms with Crippen LogP contribution in [-0.4, -0.2) is 51.7 Å². The second-order valence-corrected chi connectivity index (χ2v) is 12.4. The highest BCUT2D eigenvalue weighted by molar-refractivity contribution is 6.31. The molecule has 0 radical (unpaired) electrons. The number of hydrogen-bond donors (Lipinski definition) is 6. The number of amidine groups is 1. The molecule has 4 atom stereocenters. The number of nitrogens with two attached hydrogens (primary N) is 2. The Kier molecular flexibility index (Phi) is 10.7. The van der Waals surface area contributed by atoms with Gasteiger partial charge in [-0.3, -0.25) is 9.98 Å². The van der Waals surface area contributed by atoms with Crippen LogP contribution in [0.5, 0.6) is 0 Å². The minimum atomic E-state index is -0.570. The minimum Gasteiger partial charge on any atom is -0.368 e. The lowest BCUT2D eigenvalue weighted by Crippen LogP contribution is -2.46. The van der Waals surface area contributed by atoms with Crippen molar-refractivity contribution in [1.29, 1.82) is 5.41 Å². The molecule has 4 aromatic rings. The number of fused-ring (bicyclic) bond motifs is 1. The van der Waals surface area contributed by atoms with Crippen molar-refractivity contribution in [3.63, 3.8) is 0 Å². The number of hydrogen-bond acceptors (Lipinski definition) is 6. The zero-order valence-electron chi connectivity index (χ0n) is 25.4. The van der Waals surface area contributed by atoms with Crippen LogP contribution >= 0.6 is 11.6 Å². The maximum atomic E-state index is 15.1. The summed E-state index contributed by atoms with van der Waals surface area (Å²) < 4.78 is 30.2. The van der Waals surface area contributed by atoms with Gasteiger partial charge in [-0.1, -0.05) is 30.2 Å². The lowest BCUT2D eigenvalue weighted by molar-refractivity contribution is 0.275. The number of nitrogens with one attached hydrogen (secondary N) is 4. The summed E-state index contributed by atoms with van der Waals surface area (Å²) in [5, 5.41) is 14.9. The largest absolute Gasteiger partial charge is 0.368 e. The Balaban J connectivity index is 1.33. The third-order valence-corrected chi connectivity index (χ3v) is 8.68. The molecule has 1 fully saturated rings. The van der Waals surface area contributed by atoms with Crippen molar-refractivity contribution in [3.05, 3.63) is 81.1 Å². The summed E-state index contributed by atoms with van der Waals surface area (Å²) in [7, 11) is 0. The fourth-order valence-corrected chi connectivity index (χ4v) is 6.32. The van der Waals surface area contributed by atoms with Crippen molar-refractivity contribution >= 4 is 28.5 Å². The van der Waals surface area contributed by atoms with Gasteiger partial charge in [-0.25, -0.2) is 13.6 Å². The van der Waals surface area contributed by atoms with Gasteiger partial charge in [0.25, 0.3) is 0 Å². The van der Waals surface area contributed by atoms with Crippen molar-refractivity contribution in [2.45, 2.75) is 76.0 Å². The van der Waals surface area contributed by atoms with Crippen molar-refractivity contribution in [2.24, 2.45) is 11.5 Å². The lowest BCUT2D eigenvalue weighted by atomic mass is 9.90. The number of rotatable bonds is 12. The topological polar surface area (TPSA) is 151 Å². The van der Waals surface area contributed by atoms with Crippen molar-refractivity contribution in [3.8, 4) is 16.9 Å². The van der Waals surface area contributed by atoms with E-state index in [0.717, 1.165) is 49.7 Å². The fraction of sp³-hybridized carbons (Fsp3) is 0.424. The van der Waals surface area contributed by atoms with E-state index in [9.17, 15) is 9.18 Å². The SMILES string of the molecule is C[C@H](N)CCCc1cc(Cl)c(F)c(-c2cc3cn(-c4ccc([C@@H]5CCC[C@@H](C[C@@H](CF)NC(=N)CN)N5)cc4)c(=O)nc3[nH]2)c1. The molecule has 0 amide bonds. The summed E-state index contributed by atoms with van der Waals surface area (Å²) >= 11 is 6.25. The van der Waals surface area contributed by atoms with Crippen molar-refractivity contribution in [1.82, 2.24) is 25.2 Å². The molecule has 3 heterocycles. The first kappa shape index (κ1) is 32.7. The molecule has 240 valence electrons. The van der Waals surface area contributed by atoms with E-state index in [-0.39, 0.29) is 35.5 Å². The van der Waals surface area contributed by atoms with Gasteiger partial charge in [-0.05, 0) is 86.9 Å². The summed E-state index contributed by atoms with van der Waals surface area (Å²) in [4.78, 5) is 20.4. The van der Waals surface area contributed by atoms with Crippen LogP contribution in [0.2, 0.25) is 5.02 Å². The number of alkyl halides is 1. The summed E-state index contributed by atoms with van der Waals surface area (Å²) in [6.45, 7) is 1.44. The van der Waals surface area contributed by atoms with Crippen LogP contribution in [-0.2, 0) is 6.42 Å². The molecule has 1 aliphatic rings. The van der Waals surface area contributed by atoms with E-state index in [1.54, 1.807) is 24.4 Å². The van der Waals surface area contributed by atoms with Gasteiger partial charge in [-0.2, -0.15) is 4.98 Å². The molecule has 0 aliphatic carbocycles. The number of benzene rings is 2. The van der Waals surface area contributed by atoms with Crippen molar-refractivity contribution in [2.75, 3.05) is 13.2 Å². The van der Waals surface area contributed by atoms with Gasteiger partial charge in [0, 0.05) is 35.3 Å². The Morgan fingerprint density at radius 3 is 2.73 bits per heavy atom. The van der Waals surface area contributed by atoms with Gasteiger partial charge in [-0.15, -0.1) is 0 Å². The molecule has 1 aliphatic heterocycles. The van der Waals surface area contributed by atoms with Crippen LogP contribution < -0.4 is 27.8 Å². The summed E-state index contributed by atoms with van der Waals surface area (Å²) in [6, 6.07) is 12.8. The molecule has 0 unspecified atom stereocenters. The van der Waals surface area contributed by atoms with Gasteiger partial charge in [0.1, 0.15) is 18.2 Å². The van der Waals surface area contributed by atoms with Gasteiger partial charge in [0.2, 0.25) is 0 Å². The molecule has 2 aromatic heterocycles. The molecule has 12 heteroatoms. The van der Waals surface area contributed by atoms with Crippen molar-refractivity contribution < 1.29 is 8.78 Å². The molecule has 2 aromatic carbocycles. The molecule has 8 N–H and O–H groups in total. The van der Waals surface area contributed by atoms with E-state index in [1.165, 1.54) is 4.57 Å². The second-order valence-electron chi connectivity index (χ2n) is 12.0. The number of aryl methyl sites for hydroxylation is 1. The lowest BCUT2D eigenvalue weighted by Gasteiger charge is -2.33. The molecule has 0 bridgehead atoms. The van der Waals surface area contributed by atoms with Gasteiger partial charge in [0.05, 0.1) is 29.0 Å². The third-order valence-electron chi connectivity index (χ3n) is 8.40. The number of aromatic nitrogens is 3. The average molecular weight is 639 g/mol. The monoisotopic (exact) mass is 638 g/mol. The van der Waals surface area contributed by atoms with Gasteiger partial charge in [0.15, 0.2) is 5.82 Å². The van der Waals surface area contributed by atoms with E-state index in [1.807, 2.05) is 31.2 Å². The first-order valence-electron chi connectivity index (χ1n) is 15.5. The van der Waals surface area contributed by atoms with E-state index < -0.39 is 24.2 Å². The third kappa shape index (κ3) is 7.96. The van der Waals surface area contributed by atoms with Crippen LogP contribution in [0.25, 0.3) is 28.0 Å². The highest BCUT2D eigenvalue weighted by Gasteiger charge is 2.25. The smallest absolute Gasteiger partial charge is 0.354 e. The first-order chi connectivity index (χ1) is 21.6. The van der Waals surface area contributed by atoms with E-state index in [4.69, 9.17) is 28.5 Å². The second kappa shape index (κ2) is 14.6. The zero-order valence-corrected chi connectivity index (χ0v) is 26.1. The highest BCUT2D eigenvalue weighted by Crippen LogP contribution is 2.32. The Labute approximate surface area is 266 Å². The number of nitrogens with zero attached hydrogens (tertiary/aromatic N) is 2. The minimum absolute atomic E-state index is 0.0411. The molecule has 9 nitrogen and oxygen atoms in total. The van der Waals surface area contributed by atoms with E-state index in [0.29, 0.717) is 34.4 Å². The maximum absolute atomic E-state index is 15.1. The quantitative estimate of drug-likeness (QED) is 0.0918. The zero-order chi connectivity index (χ0) is 32.1. The molecule has 0 saturated carbocycles. The number of H-pyrrole nitrogens is 1. The van der Waals surface area contributed by atoms with Crippen LogP contribution in [0.1, 0.15) is 62.6 Å². The molecule has 45 heavy (non-hydrogen) atoms. The van der Waals surface area contributed by atoms with Crippen LogP contribution in [0.15, 0.2) is 53.5 Å². The predicted molar refractivity (Wildman–Crippen MR) is 176 cm³/mol. The highest BCUT2D eigenvalue weighted by atomic mass is 35.5. The molecule has 5 rings (SSSR count). The molecular weight excluding hydrogens is 598 g/mol. The molecule has 1 saturated heterocycles. The Hall–Kier alpha value is -3.64.